The van der Waals surface area contributed by atoms with Crippen LogP contribution < -0.4 is 32.6 Å². The normalized spacial score (nSPS) is 13.8. The number of nitrogens with one attached hydrogen (secondary N) is 4. The molecule has 0 atom stereocenters. The SMILES string of the molecule is O=C(CCCCC(=O)NNc1c(O)c(=O)c1=O)NNC(=O)C1CCC1. The standard InChI is InChI=1S/C15H20N4O6/c20-9(16-18-11-12(22)14(24)13(11)23)6-1-2-7-10(21)17-19-15(25)8-4-3-5-8/h8,18,22H,1-7H2,(H,16,20)(H,17,21)(H,19,25). The lowest BCUT2D eigenvalue weighted by molar-refractivity contribution is -0.132. The van der Waals surface area contributed by atoms with Gasteiger partial charge in [0.05, 0.1) is 0 Å². The Hall–Kier alpha value is -2.91. The maximum Gasteiger partial charge on any atom is 0.271 e. The first kappa shape index (κ1) is 18.4. The molecule has 0 unspecified atom stereocenters. The molecule has 0 aliphatic heterocycles. The number of rotatable bonds is 8. The Morgan fingerprint density at radius 1 is 0.920 bits per heavy atom. The van der Waals surface area contributed by atoms with Crippen molar-refractivity contribution in [3.05, 3.63) is 20.4 Å². The van der Waals surface area contributed by atoms with Crippen molar-refractivity contribution in [2.75, 3.05) is 5.43 Å². The van der Waals surface area contributed by atoms with E-state index in [4.69, 9.17) is 5.11 Å². The molecule has 0 aromatic heterocycles. The molecule has 136 valence electrons. The van der Waals surface area contributed by atoms with E-state index < -0.39 is 22.5 Å². The molecule has 0 radical (unpaired) electrons. The summed E-state index contributed by atoms with van der Waals surface area (Å²) in [7, 11) is 0. The third-order valence-corrected chi connectivity index (χ3v) is 4.07. The number of anilines is 1. The van der Waals surface area contributed by atoms with E-state index in [0.29, 0.717) is 12.8 Å². The van der Waals surface area contributed by atoms with Crippen molar-refractivity contribution in [3.63, 3.8) is 0 Å². The van der Waals surface area contributed by atoms with Gasteiger partial charge in [-0.05, 0) is 25.7 Å². The van der Waals surface area contributed by atoms with Gasteiger partial charge in [-0.3, -0.25) is 45.7 Å². The largest absolute Gasteiger partial charge is 0.502 e. The Labute approximate surface area is 142 Å². The molecule has 0 heterocycles. The van der Waals surface area contributed by atoms with Gasteiger partial charge in [0.1, 0.15) is 0 Å². The summed E-state index contributed by atoms with van der Waals surface area (Å²) in [5.74, 6) is -1.67. The van der Waals surface area contributed by atoms with Gasteiger partial charge >= 0.3 is 0 Å². The van der Waals surface area contributed by atoms with Crippen LogP contribution in [0.5, 0.6) is 5.75 Å². The van der Waals surface area contributed by atoms with E-state index in [-0.39, 0.29) is 36.3 Å². The van der Waals surface area contributed by atoms with E-state index in [1.165, 1.54) is 0 Å². The van der Waals surface area contributed by atoms with E-state index >= 15 is 0 Å². The number of carbonyl (C=O) groups is 3. The first-order chi connectivity index (χ1) is 11.9. The fraction of sp³-hybridized carbons (Fsp3) is 0.533. The first-order valence-electron chi connectivity index (χ1n) is 8.06. The molecule has 0 saturated heterocycles. The Morgan fingerprint density at radius 2 is 1.52 bits per heavy atom. The molecular formula is C15H20N4O6. The first-order valence-corrected chi connectivity index (χ1v) is 8.06. The van der Waals surface area contributed by atoms with Gasteiger partial charge < -0.3 is 5.11 Å². The number of aromatic hydroxyl groups is 1. The molecule has 0 spiro atoms. The summed E-state index contributed by atoms with van der Waals surface area (Å²) in [4.78, 5) is 56.4. The van der Waals surface area contributed by atoms with Crippen molar-refractivity contribution in [2.45, 2.75) is 44.9 Å². The molecule has 3 amide bonds. The summed E-state index contributed by atoms with van der Waals surface area (Å²) in [6.07, 6.45) is 3.82. The molecule has 1 saturated carbocycles. The van der Waals surface area contributed by atoms with Gasteiger partial charge in [-0.15, -0.1) is 0 Å². The zero-order chi connectivity index (χ0) is 18.4. The van der Waals surface area contributed by atoms with Gasteiger partial charge in [-0.1, -0.05) is 6.42 Å². The number of hydrogen-bond donors (Lipinski definition) is 5. The summed E-state index contributed by atoms with van der Waals surface area (Å²) in [5, 5.41) is 9.10. The Kier molecular flexibility index (Phi) is 6.09. The van der Waals surface area contributed by atoms with Crippen LogP contribution in [-0.2, 0) is 14.4 Å². The predicted octanol–water partition coefficient (Wildman–Crippen LogP) is -1.06. The second-order valence-corrected chi connectivity index (χ2v) is 5.93. The van der Waals surface area contributed by atoms with E-state index in [2.05, 4.69) is 21.7 Å². The monoisotopic (exact) mass is 352 g/mol. The lowest BCUT2D eigenvalue weighted by Crippen LogP contribution is -2.45. The minimum absolute atomic E-state index is 0.0103. The van der Waals surface area contributed by atoms with Crippen LogP contribution in [0, 0.1) is 5.92 Å². The molecule has 1 aliphatic carbocycles. The molecule has 5 N–H and O–H groups in total. The van der Waals surface area contributed by atoms with Crippen molar-refractivity contribution in [3.8, 4) is 5.75 Å². The summed E-state index contributed by atoms with van der Waals surface area (Å²) in [5.41, 5.74) is 6.86. The molecule has 10 nitrogen and oxygen atoms in total. The smallest absolute Gasteiger partial charge is 0.271 e. The highest BCUT2D eigenvalue weighted by atomic mass is 16.3. The van der Waals surface area contributed by atoms with E-state index in [1.54, 1.807) is 0 Å². The van der Waals surface area contributed by atoms with Gasteiger partial charge in [-0.25, -0.2) is 0 Å². The lowest BCUT2D eigenvalue weighted by Gasteiger charge is -2.23. The summed E-state index contributed by atoms with van der Waals surface area (Å²) in [6, 6.07) is 0. The average Bonchev–Trinajstić information content (AvgIpc) is 2.54. The molecule has 1 aromatic rings. The van der Waals surface area contributed by atoms with Crippen LogP contribution in [-0.4, -0.2) is 22.8 Å². The third kappa shape index (κ3) is 4.78. The molecule has 10 heteroatoms. The van der Waals surface area contributed by atoms with Crippen molar-refractivity contribution in [2.24, 2.45) is 5.92 Å². The quantitative estimate of drug-likeness (QED) is 0.227. The van der Waals surface area contributed by atoms with E-state index in [0.717, 1.165) is 19.3 Å². The zero-order valence-corrected chi connectivity index (χ0v) is 13.5. The van der Waals surface area contributed by atoms with Gasteiger partial charge in [0.2, 0.25) is 17.7 Å². The number of hydrogen-bond acceptors (Lipinski definition) is 7. The zero-order valence-electron chi connectivity index (χ0n) is 13.5. The van der Waals surface area contributed by atoms with Crippen molar-refractivity contribution in [1.82, 2.24) is 16.3 Å². The number of carbonyl (C=O) groups excluding carboxylic acids is 3. The molecule has 1 aliphatic rings. The summed E-state index contributed by atoms with van der Waals surface area (Å²) >= 11 is 0. The Balaban J connectivity index is 1.52. The van der Waals surface area contributed by atoms with E-state index in [9.17, 15) is 24.0 Å². The summed E-state index contributed by atoms with van der Waals surface area (Å²) in [6.45, 7) is 0. The molecular weight excluding hydrogens is 332 g/mol. The second-order valence-electron chi connectivity index (χ2n) is 5.93. The van der Waals surface area contributed by atoms with Crippen LogP contribution in [0.1, 0.15) is 44.9 Å². The molecule has 1 fully saturated rings. The van der Waals surface area contributed by atoms with Crippen molar-refractivity contribution >= 4 is 23.4 Å². The fourth-order valence-corrected chi connectivity index (χ4v) is 2.23. The highest BCUT2D eigenvalue weighted by Gasteiger charge is 2.25. The summed E-state index contributed by atoms with van der Waals surface area (Å²) < 4.78 is 0. The van der Waals surface area contributed by atoms with Crippen molar-refractivity contribution < 1.29 is 19.5 Å². The van der Waals surface area contributed by atoms with Crippen LogP contribution in [0.4, 0.5) is 5.69 Å². The lowest BCUT2D eigenvalue weighted by atomic mass is 9.85. The molecule has 0 bridgehead atoms. The second kappa shape index (κ2) is 8.27. The van der Waals surface area contributed by atoms with Gasteiger partial charge in [0.25, 0.3) is 10.9 Å². The van der Waals surface area contributed by atoms with Gasteiger partial charge in [0, 0.05) is 18.8 Å². The fourth-order valence-electron chi connectivity index (χ4n) is 2.23. The highest BCUT2D eigenvalue weighted by molar-refractivity contribution is 5.83. The maximum atomic E-state index is 11.5. The van der Waals surface area contributed by atoms with Crippen LogP contribution in [0.25, 0.3) is 0 Å². The number of hydrazine groups is 2. The highest BCUT2D eigenvalue weighted by Crippen LogP contribution is 2.25. The average molecular weight is 352 g/mol. The Morgan fingerprint density at radius 3 is 2.04 bits per heavy atom. The van der Waals surface area contributed by atoms with Gasteiger partial charge in [-0.2, -0.15) is 0 Å². The van der Waals surface area contributed by atoms with Gasteiger partial charge in [0.15, 0.2) is 11.4 Å². The minimum atomic E-state index is -0.993. The Bertz CT molecular complexity index is 733. The van der Waals surface area contributed by atoms with E-state index in [1.807, 2.05) is 0 Å². The molecule has 25 heavy (non-hydrogen) atoms. The van der Waals surface area contributed by atoms with Crippen LogP contribution in [0.15, 0.2) is 9.59 Å². The number of unbranched alkanes of at least 4 members (excludes halogenated alkanes) is 1. The van der Waals surface area contributed by atoms with Crippen molar-refractivity contribution in [1.29, 1.82) is 0 Å². The molecule has 2 rings (SSSR count). The maximum absolute atomic E-state index is 11.5. The third-order valence-electron chi connectivity index (χ3n) is 4.07. The predicted molar refractivity (Wildman–Crippen MR) is 86.9 cm³/mol. The van der Waals surface area contributed by atoms with Crippen LogP contribution >= 0.6 is 0 Å². The van der Waals surface area contributed by atoms with Crippen LogP contribution in [0.3, 0.4) is 0 Å². The topological polar surface area (TPSA) is 154 Å². The number of amides is 3. The minimum Gasteiger partial charge on any atom is -0.502 e. The van der Waals surface area contributed by atoms with Crippen LogP contribution in [0.2, 0.25) is 0 Å². The molecule has 1 aromatic carbocycles.